The quantitative estimate of drug-likeness (QED) is 0.859. The molecule has 1 aliphatic rings. The van der Waals surface area contributed by atoms with Crippen LogP contribution in [0.25, 0.3) is 0 Å². The summed E-state index contributed by atoms with van der Waals surface area (Å²) < 4.78 is 30.9. The van der Waals surface area contributed by atoms with Gasteiger partial charge in [0, 0.05) is 19.2 Å². The molecule has 2 rings (SSSR count). The number of ether oxygens (including phenoxy) is 1. The number of halogens is 2. The zero-order valence-corrected chi connectivity index (χ0v) is 9.99. The maximum absolute atomic E-state index is 13.3. The predicted octanol–water partition coefficient (Wildman–Crippen LogP) is 0.302. The minimum absolute atomic E-state index is 0.0336. The third-order valence-electron chi connectivity index (χ3n) is 2.64. The average molecular weight is 270 g/mol. The fourth-order valence-electron chi connectivity index (χ4n) is 1.67. The van der Waals surface area contributed by atoms with Gasteiger partial charge in [-0.05, 0) is 12.1 Å². The van der Waals surface area contributed by atoms with Crippen LogP contribution >= 0.6 is 0 Å². The number of amides is 2. The molecule has 1 aromatic carbocycles. The molecule has 102 valence electrons. The average Bonchev–Trinajstić information content (AvgIpc) is 2.37. The van der Waals surface area contributed by atoms with Gasteiger partial charge in [0.2, 0.25) is 5.91 Å². The standard InChI is InChI=1S/C12H12F2N2O3/c13-8-1-2-10(9(14)5-8)19-7-12(18)16-4-3-15-11(17)6-16/h1-2,5H,3-4,6-7H2,(H,15,17). The van der Waals surface area contributed by atoms with Crippen molar-refractivity contribution in [3.63, 3.8) is 0 Å². The van der Waals surface area contributed by atoms with Gasteiger partial charge in [-0.2, -0.15) is 0 Å². The summed E-state index contributed by atoms with van der Waals surface area (Å²) in [5.74, 6) is -2.45. The minimum Gasteiger partial charge on any atom is -0.481 e. The molecule has 0 aliphatic carbocycles. The van der Waals surface area contributed by atoms with Crippen molar-refractivity contribution in [2.45, 2.75) is 0 Å². The first-order valence-electron chi connectivity index (χ1n) is 5.68. The van der Waals surface area contributed by atoms with Crippen LogP contribution in [0.2, 0.25) is 0 Å². The second-order valence-electron chi connectivity index (χ2n) is 4.03. The Hall–Kier alpha value is -2.18. The Bertz CT molecular complexity index is 508. The zero-order valence-electron chi connectivity index (χ0n) is 9.99. The van der Waals surface area contributed by atoms with E-state index in [2.05, 4.69) is 5.32 Å². The van der Waals surface area contributed by atoms with Gasteiger partial charge in [0.1, 0.15) is 5.82 Å². The molecule has 1 saturated heterocycles. The lowest BCUT2D eigenvalue weighted by Gasteiger charge is -2.26. The first-order valence-corrected chi connectivity index (χ1v) is 5.68. The third-order valence-corrected chi connectivity index (χ3v) is 2.64. The lowest BCUT2D eigenvalue weighted by Crippen LogP contribution is -2.51. The van der Waals surface area contributed by atoms with E-state index in [4.69, 9.17) is 4.74 Å². The van der Waals surface area contributed by atoms with Crippen molar-refractivity contribution >= 4 is 11.8 Å². The largest absolute Gasteiger partial charge is 0.481 e. The summed E-state index contributed by atoms with van der Waals surface area (Å²) in [5, 5.41) is 2.58. The first kappa shape index (κ1) is 13.3. The molecule has 0 aromatic heterocycles. The Balaban J connectivity index is 1.91. The fraction of sp³-hybridized carbons (Fsp3) is 0.333. The molecule has 0 atom stereocenters. The van der Waals surface area contributed by atoms with Crippen molar-refractivity contribution in [2.24, 2.45) is 0 Å². The highest BCUT2D eigenvalue weighted by atomic mass is 19.1. The first-order chi connectivity index (χ1) is 9.06. The zero-order chi connectivity index (χ0) is 13.8. The lowest BCUT2D eigenvalue weighted by atomic mass is 10.3. The van der Waals surface area contributed by atoms with Crippen molar-refractivity contribution < 1.29 is 23.1 Å². The van der Waals surface area contributed by atoms with Crippen LogP contribution in [0.15, 0.2) is 18.2 Å². The Morgan fingerprint density at radius 1 is 1.42 bits per heavy atom. The number of carbonyl (C=O) groups excluding carboxylic acids is 2. The summed E-state index contributed by atoms with van der Waals surface area (Å²) in [4.78, 5) is 24.1. The van der Waals surface area contributed by atoms with Crippen LogP contribution in [0.3, 0.4) is 0 Å². The molecule has 1 N–H and O–H groups in total. The topological polar surface area (TPSA) is 58.6 Å². The van der Waals surface area contributed by atoms with E-state index >= 15 is 0 Å². The van der Waals surface area contributed by atoms with E-state index < -0.39 is 24.1 Å². The van der Waals surface area contributed by atoms with Gasteiger partial charge in [-0.1, -0.05) is 0 Å². The summed E-state index contributed by atoms with van der Waals surface area (Å²) in [7, 11) is 0. The molecule has 0 bridgehead atoms. The van der Waals surface area contributed by atoms with Gasteiger partial charge < -0.3 is 15.0 Å². The smallest absolute Gasteiger partial charge is 0.261 e. The molecule has 0 spiro atoms. The highest BCUT2D eigenvalue weighted by Gasteiger charge is 2.21. The van der Waals surface area contributed by atoms with Crippen LogP contribution in [0.1, 0.15) is 0 Å². The van der Waals surface area contributed by atoms with Gasteiger partial charge in [0.15, 0.2) is 18.2 Å². The van der Waals surface area contributed by atoms with Crippen LogP contribution in [-0.2, 0) is 9.59 Å². The predicted molar refractivity (Wildman–Crippen MR) is 61.4 cm³/mol. The molecule has 0 radical (unpaired) electrons. The summed E-state index contributed by atoms with van der Waals surface area (Å²) >= 11 is 0. The van der Waals surface area contributed by atoms with Gasteiger partial charge >= 0.3 is 0 Å². The molecule has 1 aliphatic heterocycles. The Morgan fingerprint density at radius 2 is 2.21 bits per heavy atom. The van der Waals surface area contributed by atoms with Crippen molar-refractivity contribution in [2.75, 3.05) is 26.2 Å². The SMILES string of the molecule is O=C1CN(C(=O)COc2ccc(F)cc2F)CCN1. The van der Waals surface area contributed by atoms with Gasteiger partial charge in [-0.25, -0.2) is 8.78 Å². The van der Waals surface area contributed by atoms with Crippen LogP contribution < -0.4 is 10.1 Å². The summed E-state index contributed by atoms with van der Waals surface area (Å²) in [6.45, 7) is 0.346. The number of nitrogens with one attached hydrogen (secondary N) is 1. The van der Waals surface area contributed by atoms with Crippen LogP contribution in [0.5, 0.6) is 5.75 Å². The van der Waals surface area contributed by atoms with Crippen molar-refractivity contribution in [1.82, 2.24) is 10.2 Å². The number of rotatable bonds is 3. The van der Waals surface area contributed by atoms with Crippen LogP contribution in [0.4, 0.5) is 8.78 Å². The Labute approximate surface area is 108 Å². The normalized spacial score (nSPS) is 15.1. The molecule has 0 unspecified atom stereocenters. The molecule has 1 heterocycles. The van der Waals surface area contributed by atoms with Gasteiger partial charge in [-0.3, -0.25) is 9.59 Å². The monoisotopic (exact) mass is 270 g/mol. The van der Waals surface area contributed by atoms with Crippen LogP contribution in [-0.4, -0.2) is 43.0 Å². The van der Waals surface area contributed by atoms with E-state index in [1.54, 1.807) is 0 Å². The molecular formula is C12H12F2N2O3. The summed E-state index contributed by atoms with van der Waals surface area (Å²) in [5.41, 5.74) is 0. The number of benzene rings is 1. The third kappa shape index (κ3) is 3.40. The molecule has 19 heavy (non-hydrogen) atoms. The maximum Gasteiger partial charge on any atom is 0.261 e. The number of hydrogen-bond acceptors (Lipinski definition) is 3. The molecule has 0 saturated carbocycles. The Kier molecular flexibility index (Phi) is 3.94. The number of nitrogens with zero attached hydrogens (tertiary/aromatic N) is 1. The van der Waals surface area contributed by atoms with Crippen molar-refractivity contribution in [3.05, 3.63) is 29.8 Å². The van der Waals surface area contributed by atoms with E-state index in [1.165, 1.54) is 4.90 Å². The van der Waals surface area contributed by atoms with Crippen molar-refractivity contribution in [1.29, 1.82) is 0 Å². The van der Waals surface area contributed by atoms with Crippen molar-refractivity contribution in [3.8, 4) is 5.75 Å². The number of piperazine rings is 1. The molecule has 1 fully saturated rings. The van der Waals surface area contributed by atoms with Gasteiger partial charge in [0.05, 0.1) is 6.54 Å². The van der Waals surface area contributed by atoms with Crippen LogP contribution in [0, 0.1) is 11.6 Å². The summed E-state index contributed by atoms with van der Waals surface area (Å²) in [6, 6.07) is 2.83. The van der Waals surface area contributed by atoms with Gasteiger partial charge in [0.25, 0.3) is 5.91 Å². The second kappa shape index (κ2) is 5.64. The molecule has 1 aromatic rings. The fourth-order valence-corrected chi connectivity index (χ4v) is 1.67. The summed E-state index contributed by atoms with van der Waals surface area (Å²) in [6.07, 6.45) is 0. The van der Waals surface area contributed by atoms with E-state index in [0.717, 1.165) is 12.1 Å². The van der Waals surface area contributed by atoms with E-state index in [1.807, 2.05) is 0 Å². The molecule has 7 heteroatoms. The highest BCUT2D eigenvalue weighted by Crippen LogP contribution is 2.17. The second-order valence-corrected chi connectivity index (χ2v) is 4.03. The lowest BCUT2D eigenvalue weighted by molar-refractivity contribution is -0.139. The van der Waals surface area contributed by atoms with E-state index in [0.29, 0.717) is 19.2 Å². The minimum atomic E-state index is -0.871. The number of carbonyl (C=O) groups is 2. The van der Waals surface area contributed by atoms with E-state index in [-0.39, 0.29) is 18.2 Å². The Morgan fingerprint density at radius 3 is 2.89 bits per heavy atom. The van der Waals surface area contributed by atoms with Gasteiger partial charge in [-0.15, -0.1) is 0 Å². The molecule has 2 amide bonds. The highest BCUT2D eigenvalue weighted by molar-refractivity contribution is 5.86. The number of hydrogen-bond donors (Lipinski definition) is 1. The molecular weight excluding hydrogens is 258 g/mol. The molecule has 5 nitrogen and oxygen atoms in total. The maximum atomic E-state index is 13.3. The van der Waals surface area contributed by atoms with E-state index in [9.17, 15) is 18.4 Å².